The van der Waals surface area contributed by atoms with Crippen molar-refractivity contribution >= 4 is 17.7 Å². The number of aryl methyl sites for hydroxylation is 1. The van der Waals surface area contributed by atoms with Crippen molar-refractivity contribution in [2.24, 2.45) is 0 Å². The first-order valence-corrected chi connectivity index (χ1v) is 12.7. The number of fused-ring (bicyclic) bond motifs is 3. The van der Waals surface area contributed by atoms with Crippen molar-refractivity contribution in [3.8, 4) is 11.5 Å². The molecule has 2 amide bonds. The first-order chi connectivity index (χ1) is 19.0. The van der Waals surface area contributed by atoms with Crippen molar-refractivity contribution in [3.05, 3.63) is 131 Å². The lowest BCUT2D eigenvalue weighted by molar-refractivity contribution is 0.0600. The summed E-state index contributed by atoms with van der Waals surface area (Å²) >= 11 is 0. The predicted molar refractivity (Wildman–Crippen MR) is 148 cm³/mol. The Bertz CT molecular complexity index is 1660. The average molecular weight is 518 g/mol. The van der Waals surface area contributed by atoms with Crippen LogP contribution in [0.25, 0.3) is 11.5 Å². The molecular weight excluding hydrogens is 490 g/mol. The smallest absolute Gasteiger partial charge is 0.337 e. The van der Waals surface area contributed by atoms with Gasteiger partial charge in [-0.15, -0.1) is 0 Å². The van der Waals surface area contributed by atoms with Crippen LogP contribution >= 0.6 is 0 Å². The van der Waals surface area contributed by atoms with Gasteiger partial charge in [-0.25, -0.2) is 14.3 Å². The minimum Gasteiger partial charge on any atom is -0.465 e. The van der Waals surface area contributed by atoms with Gasteiger partial charge >= 0.3 is 12.0 Å². The van der Waals surface area contributed by atoms with Gasteiger partial charge in [0.05, 0.1) is 42.3 Å². The summed E-state index contributed by atoms with van der Waals surface area (Å²) < 4.78 is 8.92. The topological polar surface area (TPSA) is 81.4 Å². The fourth-order valence-electron chi connectivity index (χ4n) is 5.17. The Labute approximate surface area is 226 Å². The van der Waals surface area contributed by atoms with Crippen LogP contribution in [-0.2, 0) is 11.3 Å². The first kappa shape index (κ1) is 24.2. The van der Waals surface area contributed by atoms with E-state index in [1.54, 1.807) is 24.3 Å². The number of carbonyl (C=O) groups excluding carboxylic acids is 2. The fourth-order valence-corrected chi connectivity index (χ4v) is 5.17. The number of esters is 1. The molecule has 1 atom stereocenters. The Balaban J connectivity index is 1.49. The highest BCUT2D eigenvalue weighted by Gasteiger charge is 2.36. The van der Waals surface area contributed by atoms with Crippen LogP contribution in [0.1, 0.15) is 38.9 Å². The molecule has 0 aliphatic carbocycles. The van der Waals surface area contributed by atoms with Crippen molar-refractivity contribution in [2.75, 3.05) is 12.4 Å². The van der Waals surface area contributed by atoms with Gasteiger partial charge in [-0.05, 0) is 55.0 Å². The molecule has 194 valence electrons. The Morgan fingerprint density at radius 2 is 1.67 bits per heavy atom. The molecule has 3 heterocycles. The molecule has 0 fully saturated rings. The molecule has 1 aliphatic heterocycles. The van der Waals surface area contributed by atoms with Gasteiger partial charge in [0.1, 0.15) is 5.82 Å². The zero-order valence-electron chi connectivity index (χ0n) is 21.6. The van der Waals surface area contributed by atoms with Gasteiger partial charge in [0, 0.05) is 17.4 Å². The molecule has 0 saturated heterocycles. The normalized spacial score (nSPS) is 14.2. The second-order valence-corrected chi connectivity index (χ2v) is 9.38. The number of hydrogen-bond donors (Lipinski definition) is 1. The highest BCUT2D eigenvalue weighted by Crippen LogP contribution is 2.38. The molecule has 8 nitrogen and oxygen atoms in total. The second-order valence-electron chi connectivity index (χ2n) is 9.38. The summed E-state index contributed by atoms with van der Waals surface area (Å²) in [6.45, 7) is 2.30. The molecule has 2 aromatic heterocycles. The van der Waals surface area contributed by atoms with Crippen molar-refractivity contribution in [1.82, 2.24) is 19.2 Å². The van der Waals surface area contributed by atoms with Gasteiger partial charge in [-0.1, -0.05) is 54.6 Å². The lowest BCUT2D eigenvalue weighted by Crippen LogP contribution is -2.38. The lowest BCUT2D eigenvalue weighted by atomic mass is 10.0. The molecule has 5 aromatic rings. The van der Waals surface area contributed by atoms with Gasteiger partial charge < -0.3 is 19.5 Å². The highest BCUT2D eigenvalue weighted by atomic mass is 16.5. The van der Waals surface area contributed by atoms with Crippen LogP contribution < -0.4 is 5.32 Å². The molecule has 0 spiro atoms. The number of anilines is 1. The molecule has 6 rings (SSSR count). The summed E-state index contributed by atoms with van der Waals surface area (Å²) in [6.07, 6.45) is 2.02. The number of nitrogens with zero attached hydrogens (tertiary/aromatic N) is 4. The Hall–Kier alpha value is -5.11. The zero-order valence-corrected chi connectivity index (χ0v) is 21.6. The van der Waals surface area contributed by atoms with E-state index in [1.807, 2.05) is 95.5 Å². The van der Waals surface area contributed by atoms with Crippen LogP contribution in [0.3, 0.4) is 0 Å². The third-order valence-corrected chi connectivity index (χ3v) is 7.00. The summed E-state index contributed by atoms with van der Waals surface area (Å²) in [5, 5.41) is 7.90. The summed E-state index contributed by atoms with van der Waals surface area (Å²) in [7, 11) is 1.33. The minimum absolute atomic E-state index is 0.293. The Morgan fingerprint density at radius 1 is 0.923 bits per heavy atom. The van der Waals surface area contributed by atoms with E-state index >= 15 is 0 Å². The predicted octanol–water partition coefficient (Wildman–Crippen LogP) is 5.90. The van der Waals surface area contributed by atoms with Crippen molar-refractivity contribution in [3.63, 3.8) is 0 Å². The zero-order chi connectivity index (χ0) is 26.9. The number of hydrogen-bond acceptors (Lipinski definition) is 4. The Morgan fingerprint density at radius 3 is 2.41 bits per heavy atom. The molecular formula is C31H27N5O3. The number of nitrogens with one attached hydrogen (secondary N) is 1. The van der Waals surface area contributed by atoms with E-state index in [2.05, 4.69) is 9.88 Å². The third-order valence-electron chi connectivity index (χ3n) is 7.00. The van der Waals surface area contributed by atoms with E-state index < -0.39 is 5.97 Å². The van der Waals surface area contributed by atoms with E-state index in [-0.39, 0.29) is 12.1 Å². The van der Waals surface area contributed by atoms with Crippen molar-refractivity contribution < 1.29 is 14.3 Å². The number of amides is 2. The standard InChI is InChI=1S/C31H27N5O3/c1-21-26-20-35(31(38)32-24-14-9-13-23(19-24)30(37)39-2)28(22-11-5-3-6-12-22)27-17-10-18-34(27)29(26)36(33-21)25-15-7-4-8-16-25/h3-19,28H,20H2,1-2H3,(H,32,38)/t28-/m0/s1. The fraction of sp³-hybridized carbons (Fsp3) is 0.129. The number of urea groups is 1. The molecule has 1 N–H and O–H groups in total. The van der Waals surface area contributed by atoms with Gasteiger partial charge in [0.2, 0.25) is 0 Å². The first-order valence-electron chi connectivity index (χ1n) is 12.7. The molecule has 0 bridgehead atoms. The number of benzene rings is 3. The highest BCUT2D eigenvalue weighted by molar-refractivity contribution is 5.94. The number of carbonyl (C=O) groups is 2. The third kappa shape index (κ3) is 4.35. The van der Waals surface area contributed by atoms with Crippen molar-refractivity contribution in [2.45, 2.75) is 19.5 Å². The van der Waals surface area contributed by atoms with E-state index in [1.165, 1.54) is 7.11 Å². The number of ether oxygens (including phenoxy) is 1. The van der Waals surface area contributed by atoms with Gasteiger partial charge in [-0.2, -0.15) is 5.10 Å². The summed E-state index contributed by atoms with van der Waals surface area (Å²) in [5.74, 6) is 0.442. The molecule has 0 radical (unpaired) electrons. The summed E-state index contributed by atoms with van der Waals surface area (Å²) in [4.78, 5) is 27.9. The molecule has 1 aliphatic rings. The van der Waals surface area contributed by atoms with Crippen molar-refractivity contribution in [1.29, 1.82) is 0 Å². The van der Waals surface area contributed by atoms with E-state index in [4.69, 9.17) is 9.84 Å². The lowest BCUT2D eigenvalue weighted by Gasteiger charge is -2.31. The van der Waals surface area contributed by atoms with E-state index in [0.29, 0.717) is 17.8 Å². The van der Waals surface area contributed by atoms with Gasteiger partial charge in [0.25, 0.3) is 0 Å². The number of aromatic nitrogens is 3. The Kier molecular flexibility index (Phi) is 6.20. The average Bonchev–Trinajstić information content (AvgIpc) is 3.54. The quantitative estimate of drug-likeness (QED) is 0.301. The van der Waals surface area contributed by atoms with Crippen LogP contribution in [0.5, 0.6) is 0 Å². The molecule has 0 unspecified atom stereocenters. The monoisotopic (exact) mass is 517 g/mol. The number of rotatable bonds is 4. The van der Waals surface area contributed by atoms with Gasteiger partial charge in [0.15, 0.2) is 0 Å². The summed E-state index contributed by atoms with van der Waals surface area (Å²) in [6, 6.07) is 30.1. The maximum atomic E-state index is 14.0. The molecule has 8 heteroatoms. The number of methoxy groups -OCH3 is 1. The van der Waals surface area contributed by atoms with E-state index in [0.717, 1.165) is 34.0 Å². The summed E-state index contributed by atoms with van der Waals surface area (Å²) in [5.41, 5.74) is 5.53. The number of para-hydroxylation sites is 1. The van der Waals surface area contributed by atoms with Crippen LogP contribution in [0.4, 0.5) is 10.5 Å². The van der Waals surface area contributed by atoms with E-state index in [9.17, 15) is 9.59 Å². The SMILES string of the molecule is COC(=O)c1cccc(NC(=O)N2Cc3c(C)nn(-c4ccccc4)c3-n3cccc3[C@@H]2c2ccccc2)c1. The van der Waals surface area contributed by atoms with Crippen LogP contribution in [-0.4, -0.2) is 38.4 Å². The second kappa shape index (κ2) is 9.98. The minimum atomic E-state index is -0.463. The van der Waals surface area contributed by atoms with Gasteiger partial charge in [-0.3, -0.25) is 0 Å². The van der Waals surface area contributed by atoms with Crippen LogP contribution in [0, 0.1) is 6.92 Å². The van der Waals surface area contributed by atoms with Crippen LogP contribution in [0.2, 0.25) is 0 Å². The maximum absolute atomic E-state index is 14.0. The molecule has 0 saturated carbocycles. The molecule has 39 heavy (non-hydrogen) atoms. The maximum Gasteiger partial charge on any atom is 0.337 e. The van der Waals surface area contributed by atoms with Crippen LogP contribution in [0.15, 0.2) is 103 Å². The largest absolute Gasteiger partial charge is 0.465 e. The molecule has 3 aromatic carbocycles.